The average molecular weight is 131 g/mol. The van der Waals surface area contributed by atoms with Crippen molar-refractivity contribution in [1.82, 2.24) is 4.90 Å². The van der Waals surface area contributed by atoms with E-state index >= 15 is 0 Å². The largest absolute Gasteiger partial charge is 0.380 e. The van der Waals surface area contributed by atoms with E-state index in [2.05, 4.69) is 25.9 Å². The van der Waals surface area contributed by atoms with Crippen molar-refractivity contribution in [3.05, 3.63) is 0 Å². The van der Waals surface area contributed by atoms with Gasteiger partial charge in [-0.3, -0.25) is 0 Å². The normalized spacial score (nSPS) is 14.3. The van der Waals surface area contributed by atoms with E-state index in [1.807, 2.05) is 6.92 Å². The SMILES string of the molecule is CCOCC(C)N(C)C. The molecule has 0 aromatic carbocycles. The highest BCUT2D eigenvalue weighted by atomic mass is 16.5. The van der Waals surface area contributed by atoms with Gasteiger partial charge in [0.25, 0.3) is 0 Å². The van der Waals surface area contributed by atoms with Gasteiger partial charge in [0.1, 0.15) is 0 Å². The Morgan fingerprint density at radius 1 is 1.44 bits per heavy atom. The fraction of sp³-hybridized carbons (Fsp3) is 1.00. The van der Waals surface area contributed by atoms with Crippen LogP contribution in [0, 0.1) is 0 Å². The van der Waals surface area contributed by atoms with Gasteiger partial charge in [0.05, 0.1) is 6.61 Å². The highest BCUT2D eigenvalue weighted by Crippen LogP contribution is 1.90. The second-order valence-electron chi connectivity index (χ2n) is 2.47. The van der Waals surface area contributed by atoms with Crippen molar-refractivity contribution in [3.8, 4) is 0 Å². The molecule has 0 heterocycles. The van der Waals surface area contributed by atoms with Crippen molar-refractivity contribution in [3.63, 3.8) is 0 Å². The lowest BCUT2D eigenvalue weighted by atomic mass is 10.3. The van der Waals surface area contributed by atoms with Crippen LogP contribution in [0.1, 0.15) is 13.8 Å². The van der Waals surface area contributed by atoms with Crippen LogP contribution in [0.5, 0.6) is 0 Å². The second-order valence-corrected chi connectivity index (χ2v) is 2.47. The Morgan fingerprint density at radius 3 is 2.33 bits per heavy atom. The van der Waals surface area contributed by atoms with Crippen LogP contribution >= 0.6 is 0 Å². The summed E-state index contributed by atoms with van der Waals surface area (Å²) in [7, 11) is 4.12. The van der Waals surface area contributed by atoms with Crippen LogP contribution in [-0.4, -0.2) is 38.3 Å². The summed E-state index contributed by atoms with van der Waals surface area (Å²) in [5.41, 5.74) is 0. The predicted octanol–water partition coefficient (Wildman–Crippen LogP) is 0.973. The highest BCUT2D eigenvalue weighted by Gasteiger charge is 2.01. The minimum Gasteiger partial charge on any atom is -0.380 e. The summed E-state index contributed by atoms with van der Waals surface area (Å²) >= 11 is 0. The van der Waals surface area contributed by atoms with Gasteiger partial charge in [-0.2, -0.15) is 0 Å². The minimum atomic E-state index is 0.532. The lowest BCUT2D eigenvalue weighted by Gasteiger charge is -2.18. The highest BCUT2D eigenvalue weighted by molar-refractivity contribution is 4.55. The van der Waals surface area contributed by atoms with Gasteiger partial charge in [0.2, 0.25) is 0 Å². The number of ether oxygens (including phenoxy) is 1. The maximum Gasteiger partial charge on any atom is 0.0618 e. The first-order valence-electron chi connectivity index (χ1n) is 3.42. The molecule has 0 N–H and O–H groups in total. The third-order valence-corrected chi connectivity index (χ3v) is 1.44. The van der Waals surface area contributed by atoms with Crippen molar-refractivity contribution in [1.29, 1.82) is 0 Å². The first-order chi connectivity index (χ1) is 4.18. The first-order valence-corrected chi connectivity index (χ1v) is 3.42. The Kier molecular flexibility index (Phi) is 4.72. The van der Waals surface area contributed by atoms with Crippen LogP contribution in [0.25, 0.3) is 0 Å². The Hall–Kier alpha value is -0.0800. The molecule has 0 aliphatic heterocycles. The zero-order valence-corrected chi connectivity index (χ0v) is 6.85. The molecule has 0 aromatic rings. The van der Waals surface area contributed by atoms with E-state index < -0.39 is 0 Å². The summed E-state index contributed by atoms with van der Waals surface area (Å²) in [5.74, 6) is 0. The molecule has 0 saturated heterocycles. The Labute approximate surface area is 57.8 Å². The van der Waals surface area contributed by atoms with Crippen molar-refractivity contribution >= 4 is 0 Å². The molecule has 0 bridgehead atoms. The third kappa shape index (κ3) is 4.43. The molecule has 0 saturated carbocycles. The summed E-state index contributed by atoms with van der Waals surface area (Å²) < 4.78 is 5.21. The summed E-state index contributed by atoms with van der Waals surface area (Å²) in [6.07, 6.45) is 0. The van der Waals surface area contributed by atoms with E-state index in [9.17, 15) is 0 Å². The summed E-state index contributed by atoms with van der Waals surface area (Å²) in [6, 6.07) is 0.532. The van der Waals surface area contributed by atoms with Crippen LogP contribution in [0.3, 0.4) is 0 Å². The van der Waals surface area contributed by atoms with E-state index in [1.54, 1.807) is 0 Å². The van der Waals surface area contributed by atoms with E-state index in [0.29, 0.717) is 6.04 Å². The van der Waals surface area contributed by atoms with Gasteiger partial charge in [-0.15, -0.1) is 0 Å². The number of rotatable bonds is 4. The number of likely N-dealkylation sites (N-methyl/N-ethyl adjacent to an activating group) is 1. The van der Waals surface area contributed by atoms with Gasteiger partial charge in [-0.1, -0.05) is 0 Å². The van der Waals surface area contributed by atoms with Crippen molar-refractivity contribution in [2.24, 2.45) is 0 Å². The Morgan fingerprint density at radius 2 is 2.00 bits per heavy atom. The lowest BCUT2D eigenvalue weighted by molar-refractivity contribution is 0.0951. The molecule has 0 aliphatic carbocycles. The van der Waals surface area contributed by atoms with E-state index in [-0.39, 0.29) is 0 Å². The number of hydrogen-bond donors (Lipinski definition) is 0. The zero-order chi connectivity index (χ0) is 7.28. The van der Waals surface area contributed by atoms with Gasteiger partial charge in [-0.05, 0) is 27.9 Å². The maximum absolute atomic E-state index is 5.21. The molecular weight excluding hydrogens is 114 g/mol. The van der Waals surface area contributed by atoms with E-state index in [4.69, 9.17) is 4.74 Å². The quantitative estimate of drug-likeness (QED) is 0.563. The zero-order valence-electron chi connectivity index (χ0n) is 6.85. The van der Waals surface area contributed by atoms with Crippen molar-refractivity contribution in [2.45, 2.75) is 19.9 Å². The summed E-state index contributed by atoms with van der Waals surface area (Å²) in [5, 5.41) is 0. The van der Waals surface area contributed by atoms with E-state index in [1.165, 1.54) is 0 Å². The van der Waals surface area contributed by atoms with E-state index in [0.717, 1.165) is 13.2 Å². The first kappa shape index (κ1) is 8.92. The summed E-state index contributed by atoms with van der Waals surface area (Å²) in [6.45, 7) is 5.82. The fourth-order valence-corrected chi connectivity index (χ4v) is 0.437. The molecule has 56 valence electrons. The molecule has 0 spiro atoms. The Bertz CT molecular complexity index is 63.9. The Balaban J connectivity index is 3.16. The van der Waals surface area contributed by atoms with Crippen LogP contribution in [0.4, 0.5) is 0 Å². The van der Waals surface area contributed by atoms with Crippen LogP contribution in [-0.2, 0) is 4.74 Å². The molecule has 2 heteroatoms. The molecule has 2 nitrogen and oxygen atoms in total. The second kappa shape index (κ2) is 4.77. The standard InChI is InChI=1S/C7H17NO/c1-5-9-6-7(2)8(3)4/h7H,5-6H2,1-4H3. The van der Waals surface area contributed by atoms with Crippen LogP contribution < -0.4 is 0 Å². The smallest absolute Gasteiger partial charge is 0.0618 e. The predicted molar refractivity (Wildman–Crippen MR) is 39.6 cm³/mol. The van der Waals surface area contributed by atoms with Gasteiger partial charge >= 0.3 is 0 Å². The van der Waals surface area contributed by atoms with Gasteiger partial charge in [-0.25, -0.2) is 0 Å². The monoisotopic (exact) mass is 131 g/mol. The van der Waals surface area contributed by atoms with Crippen molar-refractivity contribution < 1.29 is 4.74 Å². The molecular formula is C7H17NO. The summed E-state index contributed by atoms with van der Waals surface area (Å²) in [4.78, 5) is 2.15. The van der Waals surface area contributed by atoms with Crippen LogP contribution in [0.2, 0.25) is 0 Å². The lowest BCUT2D eigenvalue weighted by Crippen LogP contribution is -2.29. The average Bonchev–Trinajstić information content (AvgIpc) is 1.82. The number of nitrogens with zero attached hydrogens (tertiary/aromatic N) is 1. The molecule has 1 unspecified atom stereocenters. The molecule has 0 aromatic heterocycles. The molecule has 0 amide bonds. The molecule has 0 radical (unpaired) electrons. The van der Waals surface area contributed by atoms with Gasteiger partial charge in [0.15, 0.2) is 0 Å². The molecule has 1 atom stereocenters. The fourth-order valence-electron chi connectivity index (χ4n) is 0.437. The molecule has 9 heavy (non-hydrogen) atoms. The third-order valence-electron chi connectivity index (χ3n) is 1.44. The van der Waals surface area contributed by atoms with Crippen LogP contribution in [0.15, 0.2) is 0 Å². The molecule has 0 rings (SSSR count). The maximum atomic E-state index is 5.21. The van der Waals surface area contributed by atoms with Crippen molar-refractivity contribution in [2.75, 3.05) is 27.3 Å². The van der Waals surface area contributed by atoms with Gasteiger partial charge < -0.3 is 9.64 Å². The molecule has 0 aliphatic rings. The topological polar surface area (TPSA) is 12.5 Å². The number of hydrogen-bond acceptors (Lipinski definition) is 2. The van der Waals surface area contributed by atoms with Gasteiger partial charge in [0, 0.05) is 12.6 Å². The minimum absolute atomic E-state index is 0.532. The molecule has 0 fully saturated rings.